The number of allylic oxidation sites excluding steroid dienone is 8. The Labute approximate surface area is 236 Å². The van der Waals surface area contributed by atoms with E-state index in [2.05, 4.69) is 122 Å². The summed E-state index contributed by atoms with van der Waals surface area (Å²) < 4.78 is 6.64. The van der Waals surface area contributed by atoms with Crippen LogP contribution in [-0.2, 0) is 11.8 Å². The van der Waals surface area contributed by atoms with Crippen LogP contribution >= 0.6 is 0 Å². The number of aryl methyl sites for hydroxylation is 1. The van der Waals surface area contributed by atoms with Crippen LogP contribution in [0.15, 0.2) is 126 Å². The molecular formula is C39H32O. The summed E-state index contributed by atoms with van der Waals surface area (Å²) in [5.74, 6) is 1.96. The Kier molecular flexibility index (Phi) is 5.35. The maximum atomic E-state index is 6.64. The molecule has 0 amide bonds. The van der Waals surface area contributed by atoms with Crippen molar-refractivity contribution in [1.82, 2.24) is 0 Å². The normalized spacial score (nSPS) is 20.0. The lowest BCUT2D eigenvalue weighted by molar-refractivity contribution is 0.460. The van der Waals surface area contributed by atoms with Gasteiger partial charge in [-0.1, -0.05) is 103 Å². The fraction of sp³-hybridized carbons (Fsp3) is 0.179. The maximum Gasteiger partial charge on any atom is 0.131 e. The summed E-state index contributed by atoms with van der Waals surface area (Å²) in [7, 11) is 0. The van der Waals surface area contributed by atoms with Crippen molar-refractivity contribution >= 4 is 0 Å². The highest BCUT2D eigenvalue weighted by Gasteiger charge is 2.49. The molecule has 4 aromatic carbocycles. The zero-order valence-corrected chi connectivity index (χ0v) is 22.9. The van der Waals surface area contributed by atoms with Gasteiger partial charge in [0.25, 0.3) is 0 Å². The molecule has 0 saturated carbocycles. The van der Waals surface area contributed by atoms with E-state index in [1.54, 1.807) is 0 Å². The highest BCUT2D eigenvalue weighted by molar-refractivity contribution is 5.90. The third-order valence-electron chi connectivity index (χ3n) is 9.30. The average molecular weight is 517 g/mol. The molecule has 0 spiro atoms. The first-order valence-corrected chi connectivity index (χ1v) is 14.6. The molecule has 1 nitrogen and oxygen atoms in total. The van der Waals surface area contributed by atoms with Crippen molar-refractivity contribution in [3.05, 3.63) is 154 Å². The number of ether oxygens (including phenoxy) is 1. The van der Waals surface area contributed by atoms with Crippen LogP contribution in [0.1, 0.15) is 53.5 Å². The summed E-state index contributed by atoms with van der Waals surface area (Å²) in [6, 6.07) is 29.1. The van der Waals surface area contributed by atoms with Gasteiger partial charge in [-0.05, 0) is 101 Å². The SMILES string of the molecule is Cc1ccccc1-c1ccc2c(c1)Cc1c(ccc3c1-c1ccccc1C3(C1=CCCC=C1)C1=CC=CCC1)O2. The highest BCUT2D eigenvalue weighted by atomic mass is 16.5. The van der Waals surface area contributed by atoms with Crippen LogP contribution < -0.4 is 4.74 Å². The van der Waals surface area contributed by atoms with Crippen LogP contribution in [0.4, 0.5) is 0 Å². The van der Waals surface area contributed by atoms with Gasteiger partial charge in [0.1, 0.15) is 11.5 Å². The van der Waals surface area contributed by atoms with Gasteiger partial charge >= 0.3 is 0 Å². The van der Waals surface area contributed by atoms with Crippen LogP contribution in [0.5, 0.6) is 11.5 Å². The van der Waals surface area contributed by atoms with Crippen molar-refractivity contribution in [3.8, 4) is 33.8 Å². The summed E-state index contributed by atoms with van der Waals surface area (Å²) in [4.78, 5) is 0. The molecule has 8 rings (SSSR count). The van der Waals surface area contributed by atoms with Crippen molar-refractivity contribution in [2.75, 3.05) is 0 Å². The average Bonchev–Trinajstić information content (AvgIpc) is 3.32. The van der Waals surface area contributed by atoms with E-state index in [1.807, 2.05) is 0 Å². The van der Waals surface area contributed by atoms with Crippen molar-refractivity contribution in [2.45, 2.75) is 44.4 Å². The van der Waals surface area contributed by atoms with Crippen molar-refractivity contribution in [2.24, 2.45) is 0 Å². The summed E-state index contributed by atoms with van der Waals surface area (Å²) >= 11 is 0. The maximum absolute atomic E-state index is 6.64. The Bertz CT molecular complexity index is 1810. The first kappa shape index (κ1) is 23.5. The third-order valence-corrected chi connectivity index (χ3v) is 9.30. The largest absolute Gasteiger partial charge is 0.457 e. The molecule has 0 N–H and O–H groups in total. The number of benzene rings is 4. The molecule has 3 aliphatic carbocycles. The van der Waals surface area contributed by atoms with Gasteiger partial charge in [0, 0.05) is 12.0 Å². The molecule has 1 heteroatoms. The van der Waals surface area contributed by atoms with Crippen LogP contribution in [0.25, 0.3) is 22.3 Å². The molecule has 4 aliphatic rings. The van der Waals surface area contributed by atoms with E-state index in [1.165, 1.54) is 61.2 Å². The molecule has 4 aromatic rings. The topological polar surface area (TPSA) is 9.23 Å². The molecule has 1 unspecified atom stereocenters. The monoisotopic (exact) mass is 516 g/mol. The van der Waals surface area contributed by atoms with Gasteiger partial charge in [0.15, 0.2) is 0 Å². The summed E-state index contributed by atoms with van der Waals surface area (Å²) in [6.07, 6.45) is 19.4. The van der Waals surface area contributed by atoms with Gasteiger partial charge in [-0.3, -0.25) is 0 Å². The van der Waals surface area contributed by atoms with E-state index in [9.17, 15) is 0 Å². The van der Waals surface area contributed by atoms with Crippen LogP contribution in [0.3, 0.4) is 0 Å². The number of hydrogen-bond acceptors (Lipinski definition) is 1. The Morgan fingerprint density at radius 1 is 0.750 bits per heavy atom. The third kappa shape index (κ3) is 3.34. The molecule has 0 saturated heterocycles. The minimum absolute atomic E-state index is 0.258. The van der Waals surface area contributed by atoms with E-state index in [-0.39, 0.29) is 5.41 Å². The highest BCUT2D eigenvalue weighted by Crippen LogP contribution is 2.61. The molecule has 1 aliphatic heterocycles. The fourth-order valence-corrected chi connectivity index (χ4v) is 7.53. The van der Waals surface area contributed by atoms with Gasteiger partial charge in [0.2, 0.25) is 0 Å². The van der Waals surface area contributed by atoms with E-state index in [0.717, 1.165) is 43.6 Å². The van der Waals surface area contributed by atoms with Crippen molar-refractivity contribution in [1.29, 1.82) is 0 Å². The smallest absolute Gasteiger partial charge is 0.131 e. The summed E-state index contributed by atoms with van der Waals surface area (Å²) in [6.45, 7) is 2.19. The minimum Gasteiger partial charge on any atom is -0.457 e. The fourth-order valence-electron chi connectivity index (χ4n) is 7.53. The zero-order chi connectivity index (χ0) is 26.7. The molecule has 1 heterocycles. The van der Waals surface area contributed by atoms with Gasteiger partial charge in [-0.15, -0.1) is 0 Å². The second kappa shape index (κ2) is 9.10. The Hall–Kier alpha value is -4.36. The Morgan fingerprint density at radius 2 is 1.60 bits per heavy atom. The molecule has 0 aromatic heterocycles. The molecule has 40 heavy (non-hydrogen) atoms. The van der Waals surface area contributed by atoms with Crippen LogP contribution in [0.2, 0.25) is 0 Å². The number of rotatable bonds is 3. The van der Waals surface area contributed by atoms with Gasteiger partial charge in [0.05, 0.1) is 5.41 Å². The molecule has 0 radical (unpaired) electrons. The molecule has 194 valence electrons. The van der Waals surface area contributed by atoms with Crippen molar-refractivity contribution in [3.63, 3.8) is 0 Å². The second-order valence-corrected chi connectivity index (χ2v) is 11.5. The lowest BCUT2D eigenvalue weighted by atomic mass is 9.64. The number of hydrogen-bond donors (Lipinski definition) is 0. The molecular weight excluding hydrogens is 484 g/mol. The van der Waals surface area contributed by atoms with E-state index < -0.39 is 0 Å². The second-order valence-electron chi connectivity index (χ2n) is 11.5. The van der Waals surface area contributed by atoms with E-state index >= 15 is 0 Å². The number of fused-ring (bicyclic) bond motifs is 6. The molecule has 0 bridgehead atoms. The first-order chi connectivity index (χ1) is 19.7. The van der Waals surface area contributed by atoms with Crippen LogP contribution in [-0.4, -0.2) is 0 Å². The lowest BCUT2D eigenvalue weighted by Gasteiger charge is -2.38. The standard InChI is InChI=1S/C39H32O/c1-26-12-8-9-17-31(26)27-20-22-36-28(24-27)25-33-37(40-36)23-21-35-38(33)32-18-10-11-19-34(32)39(35,29-13-4-2-5-14-29)30-15-6-3-7-16-30/h2,4,6,8-13,15-24H,3,5,7,14,25H2,1H3. The molecule has 0 fully saturated rings. The first-order valence-electron chi connectivity index (χ1n) is 14.6. The summed E-state index contributed by atoms with van der Waals surface area (Å²) in [5.41, 5.74) is 14.6. The molecule has 1 atom stereocenters. The van der Waals surface area contributed by atoms with E-state index in [4.69, 9.17) is 4.74 Å². The van der Waals surface area contributed by atoms with Gasteiger partial charge < -0.3 is 4.74 Å². The zero-order valence-electron chi connectivity index (χ0n) is 22.9. The predicted octanol–water partition coefficient (Wildman–Crippen LogP) is 10.2. The predicted molar refractivity (Wildman–Crippen MR) is 165 cm³/mol. The van der Waals surface area contributed by atoms with Crippen molar-refractivity contribution < 1.29 is 4.74 Å². The van der Waals surface area contributed by atoms with Gasteiger partial charge in [-0.25, -0.2) is 0 Å². The van der Waals surface area contributed by atoms with E-state index in [0.29, 0.717) is 0 Å². The quantitative estimate of drug-likeness (QED) is 0.232. The minimum atomic E-state index is -0.258. The Morgan fingerprint density at radius 3 is 2.42 bits per heavy atom. The Balaban J connectivity index is 1.35. The lowest BCUT2D eigenvalue weighted by Crippen LogP contribution is -2.31. The van der Waals surface area contributed by atoms with Crippen LogP contribution in [0, 0.1) is 6.92 Å². The van der Waals surface area contributed by atoms with Gasteiger partial charge in [-0.2, -0.15) is 0 Å². The summed E-state index contributed by atoms with van der Waals surface area (Å²) in [5, 5.41) is 0.